The van der Waals surface area contributed by atoms with Gasteiger partial charge in [-0.25, -0.2) is 14.2 Å². The summed E-state index contributed by atoms with van der Waals surface area (Å²) in [7, 11) is 0. The Morgan fingerprint density at radius 2 is 2.13 bits per heavy atom. The SMILES string of the molecule is CC[C@@]1(O)C(=O)OCc2c1c(OC(C)F)c1n(c2=O)Cc2cc3ccccc3nc2-1. The van der Waals surface area contributed by atoms with Gasteiger partial charge in [0.2, 0.25) is 6.36 Å². The molecule has 2 aliphatic rings. The van der Waals surface area contributed by atoms with Gasteiger partial charge in [0.1, 0.15) is 12.3 Å². The van der Waals surface area contributed by atoms with Crippen LogP contribution in [0.25, 0.3) is 22.3 Å². The van der Waals surface area contributed by atoms with Gasteiger partial charge >= 0.3 is 5.97 Å². The third kappa shape index (κ3) is 2.43. The van der Waals surface area contributed by atoms with Crippen molar-refractivity contribution in [1.82, 2.24) is 9.55 Å². The minimum absolute atomic E-state index is 0.0233. The van der Waals surface area contributed by atoms with Crippen molar-refractivity contribution in [3.8, 4) is 17.1 Å². The van der Waals surface area contributed by atoms with Crippen LogP contribution in [0.3, 0.4) is 0 Å². The summed E-state index contributed by atoms with van der Waals surface area (Å²) in [5.74, 6) is -0.926. The smallest absolute Gasteiger partial charge is 0.343 e. The highest BCUT2D eigenvalue weighted by Crippen LogP contribution is 2.47. The highest BCUT2D eigenvalue weighted by molar-refractivity contribution is 5.89. The maximum Gasteiger partial charge on any atom is 0.343 e. The zero-order valence-electron chi connectivity index (χ0n) is 16.4. The molecular formula is C22H19FN2O5. The molecule has 2 atom stereocenters. The lowest BCUT2D eigenvalue weighted by Gasteiger charge is -2.33. The Balaban J connectivity index is 1.90. The molecule has 154 valence electrons. The Morgan fingerprint density at radius 1 is 1.37 bits per heavy atom. The van der Waals surface area contributed by atoms with E-state index in [1.807, 2.05) is 30.3 Å². The first kappa shape index (κ1) is 18.7. The summed E-state index contributed by atoms with van der Waals surface area (Å²) in [4.78, 5) is 30.4. The van der Waals surface area contributed by atoms with Crippen molar-refractivity contribution in [3.05, 3.63) is 57.4 Å². The molecule has 1 unspecified atom stereocenters. The van der Waals surface area contributed by atoms with Crippen molar-refractivity contribution < 1.29 is 23.8 Å². The second-order valence-electron chi connectivity index (χ2n) is 7.56. The minimum atomic E-state index is -2.11. The van der Waals surface area contributed by atoms with Gasteiger partial charge in [-0.2, -0.15) is 0 Å². The number of hydrogen-bond donors (Lipinski definition) is 1. The molecule has 2 aliphatic heterocycles. The normalized spacial score (nSPS) is 20.3. The average Bonchev–Trinajstić information content (AvgIpc) is 3.10. The average molecular weight is 410 g/mol. The Labute approximate surface area is 170 Å². The largest absolute Gasteiger partial charge is 0.458 e. The van der Waals surface area contributed by atoms with Gasteiger partial charge in [-0.3, -0.25) is 9.36 Å². The summed E-state index contributed by atoms with van der Waals surface area (Å²) in [5, 5.41) is 12.0. The number of pyridine rings is 2. The number of fused-ring (bicyclic) bond motifs is 5. The molecule has 1 aromatic carbocycles. The Morgan fingerprint density at radius 3 is 2.87 bits per heavy atom. The molecule has 8 heteroatoms. The molecule has 0 saturated carbocycles. The van der Waals surface area contributed by atoms with E-state index in [9.17, 15) is 19.1 Å². The van der Waals surface area contributed by atoms with Gasteiger partial charge in [0.05, 0.1) is 28.9 Å². The van der Waals surface area contributed by atoms with Crippen molar-refractivity contribution >= 4 is 16.9 Å². The quantitative estimate of drug-likeness (QED) is 0.523. The van der Waals surface area contributed by atoms with Gasteiger partial charge in [0, 0.05) is 17.9 Å². The lowest BCUT2D eigenvalue weighted by molar-refractivity contribution is -0.172. The third-order valence-corrected chi connectivity index (χ3v) is 5.76. The number of carbonyl (C=O) groups excluding carboxylic acids is 1. The number of benzene rings is 1. The van der Waals surface area contributed by atoms with E-state index in [2.05, 4.69) is 4.98 Å². The summed E-state index contributed by atoms with van der Waals surface area (Å²) < 4.78 is 26.1. The molecule has 7 nitrogen and oxygen atoms in total. The summed E-state index contributed by atoms with van der Waals surface area (Å²) in [5.41, 5.74) is -0.226. The highest BCUT2D eigenvalue weighted by Gasteiger charge is 2.49. The fourth-order valence-corrected chi connectivity index (χ4v) is 4.32. The van der Waals surface area contributed by atoms with Crippen LogP contribution in [0.1, 0.15) is 37.0 Å². The van der Waals surface area contributed by atoms with Gasteiger partial charge in [0.25, 0.3) is 5.56 Å². The van der Waals surface area contributed by atoms with Gasteiger partial charge < -0.3 is 14.6 Å². The number of ether oxygens (including phenoxy) is 2. The van der Waals surface area contributed by atoms with E-state index in [1.54, 1.807) is 6.92 Å². The maximum absolute atomic E-state index is 14.1. The molecule has 0 fully saturated rings. The number of esters is 1. The topological polar surface area (TPSA) is 90.7 Å². The number of carbonyl (C=O) groups is 1. The van der Waals surface area contributed by atoms with Crippen LogP contribution in [0.4, 0.5) is 4.39 Å². The monoisotopic (exact) mass is 410 g/mol. The van der Waals surface area contributed by atoms with Gasteiger partial charge in [-0.1, -0.05) is 25.1 Å². The summed E-state index contributed by atoms with van der Waals surface area (Å²) in [6.07, 6.45) is -1.80. The first-order valence-electron chi connectivity index (χ1n) is 9.74. The molecule has 4 heterocycles. The molecule has 0 saturated heterocycles. The molecule has 0 bridgehead atoms. The fraction of sp³-hybridized carbons (Fsp3) is 0.318. The zero-order valence-corrected chi connectivity index (χ0v) is 16.4. The van der Waals surface area contributed by atoms with E-state index in [4.69, 9.17) is 9.47 Å². The highest BCUT2D eigenvalue weighted by atomic mass is 19.1. The number of para-hydroxylation sites is 1. The first-order valence-corrected chi connectivity index (χ1v) is 9.74. The van der Waals surface area contributed by atoms with Crippen LogP contribution in [-0.4, -0.2) is 27.0 Å². The number of halogens is 1. The molecule has 5 rings (SSSR count). The zero-order chi connectivity index (χ0) is 21.2. The number of cyclic esters (lactones) is 1. The van der Waals surface area contributed by atoms with Crippen molar-refractivity contribution in [2.24, 2.45) is 0 Å². The molecule has 2 aromatic heterocycles. The number of aliphatic hydroxyl groups is 1. The van der Waals surface area contributed by atoms with Crippen LogP contribution in [0.2, 0.25) is 0 Å². The molecule has 0 radical (unpaired) electrons. The second-order valence-corrected chi connectivity index (χ2v) is 7.56. The third-order valence-electron chi connectivity index (χ3n) is 5.76. The van der Waals surface area contributed by atoms with Crippen LogP contribution < -0.4 is 10.3 Å². The van der Waals surface area contributed by atoms with Crippen molar-refractivity contribution in [2.45, 2.75) is 45.4 Å². The van der Waals surface area contributed by atoms with E-state index in [0.29, 0.717) is 11.2 Å². The lowest BCUT2D eigenvalue weighted by Crippen LogP contribution is -2.45. The minimum Gasteiger partial charge on any atom is -0.458 e. The van der Waals surface area contributed by atoms with Crippen molar-refractivity contribution in [1.29, 1.82) is 0 Å². The van der Waals surface area contributed by atoms with Crippen LogP contribution >= 0.6 is 0 Å². The summed E-state index contributed by atoms with van der Waals surface area (Å²) >= 11 is 0. The van der Waals surface area contributed by atoms with E-state index in [-0.39, 0.29) is 42.1 Å². The predicted molar refractivity (Wildman–Crippen MR) is 106 cm³/mol. The number of nitrogens with zero attached hydrogens (tertiary/aromatic N) is 2. The van der Waals surface area contributed by atoms with E-state index < -0.39 is 23.5 Å². The van der Waals surface area contributed by atoms with Crippen LogP contribution in [0, 0.1) is 0 Å². The van der Waals surface area contributed by atoms with Crippen molar-refractivity contribution in [2.75, 3.05) is 0 Å². The fourth-order valence-electron chi connectivity index (χ4n) is 4.32. The standard InChI is InChI=1S/C22H19FN2O5/c1-3-22(28)16-14(10-29-21(22)27)20(26)25-9-13-8-12-6-4-5-7-15(12)24-17(13)18(25)19(16)30-11(2)23/h4-8,11,28H,3,9-10H2,1-2H3/t11?,22-/m0/s1. The Bertz CT molecular complexity index is 1280. The van der Waals surface area contributed by atoms with Crippen LogP contribution in [-0.2, 0) is 28.3 Å². The summed E-state index contributed by atoms with van der Waals surface area (Å²) in [6, 6.07) is 9.44. The lowest BCUT2D eigenvalue weighted by atomic mass is 9.85. The molecule has 1 N–H and O–H groups in total. The molecule has 30 heavy (non-hydrogen) atoms. The Hall–Kier alpha value is -3.26. The van der Waals surface area contributed by atoms with Gasteiger partial charge in [-0.05, 0) is 18.6 Å². The second kappa shape index (κ2) is 6.37. The Kier molecular flexibility index (Phi) is 3.98. The molecular weight excluding hydrogens is 391 g/mol. The molecule has 0 spiro atoms. The number of aromatic nitrogens is 2. The number of rotatable bonds is 3. The predicted octanol–water partition coefficient (Wildman–Crippen LogP) is 2.77. The van der Waals surface area contributed by atoms with Crippen LogP contribution in [0.5, 0.6) is 5.75 Å². The van der Waals surface area contributed by atoms with Gasteiger partial charge in [0.15, 0.2) is 11.4 Å². The molecule has 3 aromatic rings. The molecule has 0 amide bonds. The van der Waals surface area contributed by atoms with E-state index in [1.165, 1.54) is 11.5 Å². The first-order chi connectivity index (χ1) is 14.3. The van der Waals surface area contributed by atoms with E-state index >= 15 is 0 Å². The maximum atomic E-state index is 14.1. The number of hydrogen-bond acceptors (Lipinski definition) is 6. The number of alkyl halides is 1. The van der Waals surface area contributed by atoms with Crippen LogP contribution in [0.15, 0.2) is 35.1 Å². The van der Waals surface area contributed by atoms with E-state index in [0.717, 1.165) is 10.9 Å². The van der Waals surface area contributed by atoms with Gasteiger partial charge in [-0.15, -0.1) is 0 Å². The summed E-state index contributed by atoms with van der Waals surface area (Å²) in [6.45, 7) is 2.70. The van der Waals surface area contributed by atoms with Crippen molar-refractivity contribution in [3.63, 3.8) is 0 Å². The molecule has 0 aliphatic carbocycles.